The van der Waals surface area contributed by atoms with Gasteiger partial charge in [0.2, 0.25) is 41.4 Å². The van der Waals surface area contributed by atoms with Crippen molar-refractivity contribution in [3.63, 3.8) is 0 Å². The quantitative estimate of drug-likeness (QED) is 0.0251. The fourth-order valence-corrected chi connectivity index (χ4v) is 16.0. The first-order valence-corrected chi connectivity index (χ1v) is 47.0. The maximum Gasteiger partial charge on any atom is 0.243 e. The van der Waals surface area contributed by atoms with Crippen LogP contribution in [0.4, 0.5) is 0 Å². The van der Waals surface area contributed by atoms with E-state index in [-0.39, 0.29) is 201 Å². The van der Waals surface area contributed by atoms with Crippen LogP contribution in [0.1, 0.15) is 142 Å². The van der Waals surface area contributed by atoms with E-state index in [0.717, 1.165) is 0 Å². The first-order chi connectivity index (χ1) is 65.8. The molecule has 7 amide bonds. The molecule has 6 unspecified atom stereocenters. The van der Waals surface area contributed by atoms with E-state index in [2.05, 4.69) is 21.3 Å². The predicted molar refractivity (Wildman–Crippen MR) is 463 cm³/mol. The van der Waals surface area contributed by atoms with Gasteiger partial charge in [-0.3, -0.25) is 43.2 Å². The largest absolute Gasteiger partial charge is 0.394 e. The Balaban J connectivity index is 1.11. The molecule has 6 rings (SSSR count). The molecule has 800 valence electrons. The number of nitrogens with zero attached hydrogens (tertiary/aromatic N) is 3. The molecule has 0 bridgehead atoms. The van der Waals surface area contributed by atoms with Gasteiger partial charge in [0, 0.05) is 103 Å². The van der Waals surface area contributed by atoms with Crippen molar-refractivity contribution < 1.29 is 223 Å². The Kier molecular flexibility index (Phi) is 55.5. The third kappa shape index (κ3) is 38.0. The Labute approximate surface area is 796 Å². The molecule has 53 heteroatoms. The smallest absolute Gasteiger partial charge is 0.243 e. The van der Waals surface area contributed by atoms with Crippen molar-refractivity contribution in [3.8, 4) is 0 Å². The van der Waals surface area contributed by atoms with Crippen LogP contribution in [-0.4, -0.2) is 525 Å². The fourth-order valence-electron chi connectivity index (χ4n) is 16.0. The third-order valence-electron chi connectivity index (χ3n) is 24.7. The lowest BCUT2D eigenvalue weighted by molar-refractivity contribution is -0.303. The summed E-state index contributed by atoms with van der Waals surface area (Å²) in [5.41, 5.74) is 5.75. The van der Waals surface area contributed by atoms with Crippen LogP contribution in [0.3, 0.4) is 0 Å². The number of hydrogen-bond donors (Lipinski definition) is 29. The molecule has 6 aliphatic heterocycles. The summed E-state index contributed by atoms with van der Waals surface area (Å²) in [5, 5.41) is 256. The summed E-state index contributed by atoms with van der Waals surface area (Å²) in [6.07, 6.45) is -48.5. The van der Waals surface area contributed by atoms with Crippen LogP contribution in [0.5, 0.6) is 0 Å². The number of unbranched alkanes of at least 4 members (excludes halogenated alkanes) is 5. The van der Waals surface area contributed by atoms with Crippen molar-refractivity contribution in [2.45, 2.75) is 338 Å². The molecule has 0 spiro atoms. The van der Waals surface area contributed by atoms with Crippen molar-refractivity contribution in [2.24, 2.45) is 11.7 Å². The zero-order chi connectivity index (χ0) is 102. The van der Waals surface area contributed by atoms with Crippen LogP contribution >= 0.6 is 0 Å². The number of hydrogen-bond acceptors (Lipinski definition) is 46. The molecule has 6 saturated heterocycles. The van der Waals surface area contributed by atoms with Gasteiger partial charge in [0.05, 0.1) is 85.3 Å². The Morgan fingerprint density at radius 2 is 0.551 bits per heavy atom. The second-order valence-corrected chi connectivity index (χ2v) is 35.0. The highest BCUT2D eigenvalue weighted by Gasteiger charge is 2.51. The number of nitrogens with two attached hydrogens (primary N) is 1. The van der Waals surface area contributed by atoms with E-state index >= 15 is 0 Å². The van der Waals surface area contributed by atoms with Gasteiger partial charge in [-0.2, -0.15) is 0 Å². The topological polar surface area (TPSA) is 834 Å². The minimum atomic E-state index is -1.81. The molecular formula is C85H150N8O45. The Morgan fingerprint density at radius 1 is 0.297 bits per heavy atom. The standard InChI is InChI=1S/C85H150N8O45/c1-44(100)47(15-8-10-22-86)89-79(126)48(16-9-11-23-87-55(102)17-3-6-20-58(105)92(27-33-129-82-74(121)68(115)62(109)51(40-96)135-82)28-34-130-83-75(122)69(116)63(110)52(41-97)136-83)90-78(125)45(37-46(101)14-2-5-19-57(104)91(25-31-127-80-72(119)66(113)60(107)49(38-94)133-80)26-32-128-81-73(120)67(114)61(108)50(39-95)134-81)13-12-24-88-56(103)18-4-7-21-59(106)93(29-35-131-84-76(123)70(117)64(111)53(42-98)137-84)30-36-132-85-77(124)71(118)65(112)54(43-99)138-85/h45,47-54,60-77,80-85,94-99,107-124H,2-43,86H2,1H3,(H,87,102)(H,88,103)(H,89,126)(H,90,125)/t45-,47+,48+,49-,50-,51-,52-,53-,54-,60-,61-,62-,63-,64-,65-,66+,67+,68+,69+,70+,71+,72+,73+,74+,75+,76+,77+,80?,81?,82?,83?,84?,85?/m1/s1. The van der Waals surface area contributed by atoms with Gasteiger partial charge in [-0.25, -0.2) is 0 Å². The number of carbonyl (C=O) groups excluding carboxylic acids is 9. The van der Waals surface area contributed by atoms with E-state index in [9.17, 15) is 166 Å². The summed E-state index contributed by atoms with van der Waals surface area (Å²) >= 11 is 0. The van der Waals surface area contributed by atoms with Crippen molar-refractivity contribution in [2.75, 3.05) is 138 Å². The highest BCUT2D eigenvalue weighted by Crippen LogP contribution is 2.30. The second-order valence-electron chi connectivity index (χ2n) is 35.0. The number of aliphatic hydroxyl groups excluding tert-OH is 24. The minimum Gasteiger partial charge on any atom is -0.394 e. The number of ketones is 2. The number of ether oxygens (including phenoxy) is 12. The van der Waals surface area contributed by atoms with Crippen molar-refractivity contribution in [1.29, 1.82) is 0 Å². The average Bonchev–Trinajstić information content (AvgIpc) is 0.839. The number of amides is 7. The Morgan fingerprint density at radius 3 is 0.826 bits per heavy atom. The highest BCUT2D eigenvalue weighted by molar-refractivity contribution is 5.93. The molecular weight excluding hydrogens is 1850 g/mol. The van der Waals surface area contributed by atoms with Gasteiger partial charge in [-0.1, -0.05) is 0 Å². The monoisotopic (exact) mass is 2000 g/mol. The van der Waals surface area contributed by atoms with Crippen LogP contribution < -0.4 is 27.0 Å². The molecule has 6 heterocycles. The summed E-state index contributed by atoms with van der Waals surface area (Å²) in [7, 11) is 0. The van der Waals surface area contributed by atoms with Crippen molar-refractivity contribution in [3.05, 3.63) is 0 Å². The highest BCUT2D eigenvalue weighted by atomic mass is 16.7. The molecule has 0 aromatic carbocycles. The van der Waals surface area contributed by atoms with Gasteiger partial charge >= 0.3 is 0 Å². The second kappa shape index (κ2) is 63.4. The van der Waals surface area contributed by atoms with Crippen LogP contribution in [-0.2, 0) is 100.0 Å². The molecule has 33 atom stereocenters. The van der Waals surface area contributed by atoms with Crippen LogP contribution in [0.2, 0.25) is 0 Å². The van der Waals surface area contributed by atoms with Gasteiger partial charge in [-0.15, -0.1) is 0 Å². The summed E-state index contributed by atoms with van der Waals surface area (Å²) < 4.78 is 66.3. The predicted octanol–water partition coefficient (Wildman–Crippen LogP) is -14.5. The molecule has 6 aliphatic rings. The number of nitrogens with one attached hydrogen (secondary N) is 4. The SMILES string of the molecule is CC(=O)[C@H](CCCCN)NC(=O)[C@H](CCCCNC(=O)CCCCC(=O)N(CCOC1O[C@H](CO)[C@@H](O)[C@H](O)[C@@H]1O)CCOC1O[C@H](CO)[C@@H](O)[C@H](O)[C@@H]1O)NC(=O)[C@H](CCCNC(=O)CCCCC(=O)N(CCOC1O[C@H](CO)[C@@H](O)[C@H](O)[C@@H]1O)CCOC1O[C@H](CO)[C@@H](O)[C@H](O)[C@@H]1O)CC(=O)CCCCC(=O)N(CCOC1O[C@H](CO)[C@@H](O)[C@H](O)[C@@H]1O)CCOC1O[C@H](CO)[C@@H](O)[C@H](O)[C@@H]1O. The number of rotatable bonds is 65. The summed E-state index contributed by atoms with van der Waals surface area (Å²) in [5.74, 6) is -6.22. The summed E-state index contributed by atoms with van der Waals surface area (Å²) in [4.78, 5) is 129. The zero-order valence-corrected chi connectivity index (χ0v) is 77.5. The zero-order valence-electron chi connectivity index (χ0n) is 77.5. The number of Topliss-reactive ketones (excluding diaryl/α,β-unsaturated/α-hetero) is 2. The van der Waals surface area contributed by atoms with E-state index in [1.807, 2.05) is 0 Å². The van der Waals surface area contributed by atoms with Gasteiger partial charge in [0.25, 0.3) is 0 Å². The van der Waals surface area contributed by atoms with Crippen molar-refractivity contribution >= 4 is 52.9 Å². The maximum atomic E-state index is 14.8. The lowest BCUT2D eigenvalue weighted by Gasteiger charge is -2.40. The molecule has 138 heavy (non-hydrogen) atoms. The molecule has 30 N–H and O–H groups in total. The summed E-state index contributed by atoms with van der Waals surface area (Å²) in [6, 6.07) is -2.39. The minimum absolute atomic E-state index is 0.0372. The van der Waals surface area contributed by atoms with Crippen LogP contribution in [0.15, 0.2) is 0 Å². The van der Waals surface area contributed by atoms with E-state index in [1.165, 1.54) is 21.6 Å². The summed E-state index contributed by atoms with van der Waals surface area (Å²) in [6.45, 7) is -6.72. The molecule has 0 aromatic rings. The third-order valence-corrected chi connectivity index (χ3v) is 24.7. The lowest BCUT2D eigenvalue weighted by Crippen LogP contribution is -2.59. The average molecular weight is 2000 g/mol. The fraction of sp³-hybridized carbons (Fsp3) is 0.894. The Bertz CT molecular complexity index is 3410. The van der Waals surface area contributed by atoms with E-state index in [1.54, 1.807) is 0 Å². The number of carbonyl (C=O) groups is 9. The first kappa shape index (κ1) is 121. The van der Waals surface area contributed by atoms with Crippen molar-refractivity contribution in [1.82, 2.24) is 36.0 Å². The van der Waals surface area contributed by atoms with Gasteiger partial charge < -0.3 is 221 Å². The van der Waals surface area contributed by atoms with Crippen LogP contribution in [0, 0.1) is 5.92 Å². The Hall–Kier alpha value is -5.85. The lowest BCUT2D eigenvalue weighted by atomic mass is 9.93. The van der Waals surface area contributed by atoms with E-state index < -0.39 is 314 Å². The van der Waals surface area contributed by atoms with Gasteiger partial charge in [0.15, 0.2) is 43.5 Å². The first-order valence-electron chi connectivity index (χ1n) is 47.0. The molecule has 0 aliphatic carbocycles. The normalized spacial score (nSPS) is 32.4. The number of aliphatic hydroxyl groups is 24. The van der Waals surface area contributed by atoms with Gasteiger partial charge in [0.1, 0.15) is 158 Å². The van der Waals surface area contributed by atoms with Crippen LogP contribution in [0.25, 0.3) is 0 Å². The molecule has 0 aromatic heterocycles. The molecule has 0 radical (unpaired) electrons. The molecule has 0 saturated carbocycles. The van der Waals surface area contributed by atoms with Gasteiger partial charge in [-0.05, 0) is 103 Å². The maximum absolute atomic E-state index is 14.8. The molecule has 6 fully saturated rings. The molecule has 53 nitrogen and oxygen atoms in total. The van der Waals surface area contributed by atoms with E-state index in [0.29, 0.717) is 12.8 Å². The van der Waals surface area contributed by atoms with E-state index in [4.69, 9.17) is 62.6 Å².